The fourth-order valence-corrected chi connectivity index (χ4v) is 2.83. The van der Waals surface area contributed by atoms with Crippen molar-refractivity contribution in [1.82, 2.24) is 4.90 Å². The molecule has 22 heavy (non-hydrogen) atoms. The maximum atomic E-state index is 12.1. The first-order chi connectivity index (χ1) is 10.6. The molecule has 0 bridgehead atoms. The van der Waals surface area contributed by atoms with Crippen LogP contribution in [-0.4, -0.2) is 42.2 Å². The number of anilines is 1. The van der Waals surface area contributed by atoms with Gasteiger partial charge >= 0.3 is 0 Å². The van der Waals surface area contributed by atoms with Crippen LogP contribution in [0.3, 0.4) is 0 Å². The summed E-state index contributed by atoms with van der Waals surface area (Å²) in [4.78, 5) is 13.8. The van der Waals surface area contributed by atoms with Crippen molar-refractivity contribution in [3.8, 4) is 6.07 Å². The average molecular weight is 301 g/mol. The Kier molecular flexibility index (Phi) is 5.79. The molecular weight excluding hydrogens is 278 g/mol. The highest BCUT2D eigenvalue weighted by molar-refractivity contribution is 5.80. The zero-order chi connectivity index (χ0) is 15.9. The van der Waals surface area contributed by atoms with Crippen molar-refractivity contribution in [2.75, 3.05) is 25.5 Å². The van der Waals surface area contributed by atoms with E-state index < -0.39 is 0 Å². The SMILES string of the molecule is CN(CC1CCCCC1O)C(=O)CNc1ccc(C#N)cc1. The third kappa shape index (κ3) is 4.47. The lowest BCUT2D eigenvalue weighted by atomic mass is 9.86. The number of aliphatic hydroxyl groups is 1. The second kappa shape index (κ2) is 7.81. The van der Waals surface area contributed by atoms with Crippen LogP contribution < -0.4 is 5.32 Å². The van der Waals surface area contributed by atoms with E-state index in [4.69, 9.17) is 5.26 Å². The fourth-order valence-electron chi connectivity index (χ4n) is 2.83. The van der Waals surface area contributed by atoms with E-state index in [1.165, 1.54) is 0 Å². The normalized spacial score (nSPS) is 21.0. The molecular formula is C17H23N3O2. The highest BCUT2D eigenvalue weighted by Gasteiger charge is 2.25. The molecule has 2 rings (SSSR count). The minimum Gasteiger partial charge on any atom is -0.393 e. The number of likely N-dealkylation sites (N-methyl/N-ethyl adjacent to an activating group) is 1. The van der Waals surface area contributed by atoms with Gasteiger partial charge in [0.25, 0.3) is 0 Å². The van der Waals surface area contributed by atoms with Gasteiger partial charge in [-0.1, -0.05) is 12.8 Å². The second-order valence-electron chi connectivity index (χ2n) is 5.93. The Labute approximate surface area is 131 Å². The summed E-state index contributed by atoms with van der Waals surface area (Å²) < 4.78 is 0. The number of carbonyl (C=O) groups is 1. The lowest BCUT2D eigenvalue weighted by Crippen LogP contribution is -2.40. The maximum Gasteiger partial charge on any atom is 0.241 e. The maximum absolute atomic E-state index is 12.1. The molecule has 118 valence electrons. The third-order valence-corrected chi connectivity index (χ3v) is 4.26. The number of nitrogens with zero attached hydrogens (tertiary/aromatic N) is 2. The quantitative estimate of drug-likeness (QED) is 0.872. The molecule has 1 aliphatic rings. The van der Waals surface area contributed by atoms with Crippen molar-refractivity contribution in [1.29, 1.82) is 5.26 Å². The molecule has 1 aromatic carbocycles. The Morgan fingerprint density at radius 1 is 1.36 bits per heavy atom. The molecule has 2 N–H and O–H groups in total. The minimum absolute atomic E-state index is 0.00198. The molecule has 1 saturated carbocycles. The van der Waals surface area contributed by atoms with Crippen molar-refractivity contribution in [3.05, 3.63) is 29.8 Å². The van der Waals surface area contributed by atoms with Crippen LogP contribution in [-0.2, 0) is 4.79 Å². The highest BCUT2D eigenvalue weighted by atomic mass is 16.3. The number of hydrogen-bond acceptors (Lipinski definition) is 4. The standard InChI is InChI=1S/C17H23N3O2/c1-20(12-14-4-2-3-5-16(14)21)17(22)11-19-15-8-6-13(10-18)7-9-15/h6-9,14,16,19,21H,2-5,11-12H2,1H3. The molecule has 0 radical (unpaired) electrons. The van der Waals surface area contributed by atoms with E-state index in [0.29, 0.717) is 12.1 Å². The monoisotopic (exact) mass is 301 g/mol. The first-order valence-electron chi connectivity index (χ1n) is 7.76. The zero-order valence-corrected chi connectivity index (χ0v) is 13.0. The summed E-state index contributed by atoms with van der Waals surface area (Å²) in [6, 6.07) is 9.07. The summed E-state index contributed by atoms with van der Waals surface area (Å²) in [5.41, 5.74) is 1.42. The van der Waals surface area contributed by atoms with Gasteiger partial charge in [-0.15, -0.1) is 0 Å². The van der Waals surface area contributed by atoms with Crippen LogP contribution in [0.1, 0.15) is 31.2 Å². The van der Waals surface area contributed by atoms with E-state index in [9.17, 15) is 9.90 Å². The van der Waals surface area contributed by atoms with Crippen LogP contribution in [0.25, 0.3) is 0 Å². The van der Waals surface area contributed by atoms with Crippen LogP contribution in [0.5, 0.6) is 0 Å². The van der Waals surface area contributed by atoms with E-state index in [1.54, 1.807) is 36.2 Å². The van der Waals surface area contributed by atoms with Crippen LogP contribution in [0.4, 0.5) is 5.69 Å². The first kappa shape index (κ1) is 16.3. The molecule has 0 aliphatic heterocycles. The molecule has 0 saturated heterocycles. The van der Waals surface area contributed by atoms with Crippen molar-refractivity contribution in [3.63, 3.8) is 0 Å². The van der Waals surface area contributed by atoms with Gasteiger partial charge in [0, 0.05) is 25.2 Å². The summed E-state index contributed by atoms with van der Waals surface area (Å²) in [5.74, 6) is 0.194. The Bertz CT molecular complexity index is 536. The summed E-state index contributed by atoms with van der Waals surface area (Å²) in [6.07, 6.45) is 3.76. The molecule has 1 fully saturated rings. The Hall–Kier alpha value is -2.06. The Morgan fingerprint density at radius 3 is 2.68 bits per heavy atom. The average Bonchev–Trinajstić information content (AvgIpc) is 2.55. The number of nitrogens with one attached hydrogen (secondary N) is 1. The summed E-state index contributed by atoms with van der Waals surface area (Å²) in [6.45, 7) is 0.820. The predicted octanol–water partition coefficient (Wildman–Crippen LogP) is 1.98. The third-order valence-electron chi connectivity index (χ3n) is 4.26. The van der Waals surface area contributed by atoms with Crippen LogP contribution in [0.2, 0.25) is 0 Å². The second-order valence-corrected chi connectivity index (χ2v) is 5.93. The number of nitriles is 1. The topological polar surface area (TPSA) is 76.4 Å². The fraction of sp³-hybridized carbons (Fsp3) is 0.529. The van der Waals surface area contributed by atoms with Crippen molar-refractivity contribution >= 4 is 11.6 Å². The molecule has 5 nitrogen and oxygen atoms in total. The highest BCUT2D eigenvalue weighted by Crippen LogP contribution is 2.24. The van der Waals surface area contributed by atoms with Gasteiger partial charge in [-0.2, -0.15) is 5.26 Å². The van der Waals surface area contributed by atoms with Crippen LogP contribution >= 0.6 is 0 Å². The first-order valence-corrected chi connectivity index (χ1v) is 7.76. The summed E-state index contributed by atoms with van der Waals surface area (Å²) >= 11 is 0. The van der Waals surface area contributed by atoms with Crippen molar-refractivity contribution in [2.24, 2.45) is 5.92 Å². The summed E-state index contributed by atoms with van der Waals surface area (Å²) in [5, 5.41) is 21.8. The van der Waals surface area contributed by atoms with Gasteiger partial charge in [0.2, 0.25) is 5.91 Å². The van der Waals surface area contributed by atoms with Gasteiger partial charge in [0.05, 0.1) is 24.3 Å². The molecule has 0 spiro atoms. The van der Waals surface area contributed by atoms with E-state index >= 15 is 0 Å². The lowest BCUT2D eigenvalue weighted by molar-refractivity contribution is -0.129. The number of rotatable bonds is 5. The van der Waals surface area contributed by atoms with Gasteiger partial charge < -0.3 is 15.3 Å². The van der Waals surface area contributed by atoms with E-state index in [0.717, 1.165) is 31.4 Å². The molecule has 1 amide bonds. The number of hydrogen-bond donors (Lipinski definition) is 2. The Morgan fingerprint density at radius 2 is 2.05 bits per heavy atom. The molecule has 2 unspecified atom stereocenters. The van der Waals surface area contributed by atoms with Crippen LogP contribution in [0.15, 0.2) is 24.3 Å². The van der Waals surface area contributed by atoms with E-state index in [-0.39, 0.29) is 24.5 Å². The van der Waals surface area contributed by atoms with Crippen LogP contribution in [0, 0.1) is 17.2 Å². The molecule has 0 heterocycles. The number of carbonyl (C=O) groups excluding carboxylic acids is 1. The van der Waals surface area contributed by atoms with Crippen molar-refractivity contribution in [2.45, 2.75) is 31.8 Å². The predicted molar refractivity (Wildman–Crippen MR) is 85.2 cm³/mol. The number of benzene rings is 1. The van der Waals surface area contributed by atoms with Gasteiger partial charge in [0.15, 0.2) is 0 Å². The van der Waals surface area contributed by atoms with Crippen molar-refractivity contribution < 1.29 is 9.90 Å². The molecule has 1 aromatic rings. The molecule has 5 heteroatoms. The molecule has 1 aliphatic carbocycles. The van der Waals surface area contributed by atoms with Gasteiger partial charge in [-0.05, 0) is 37.1 Å². The number of aliphatic hydroxyl groups excluding tert-OH is 1. The van der Waals surface area contributed by atoms with Gasteiger partial charge in [-0.25, -0.2) is 0 Å². The zero-order valence-electron chi connectivity index (χ0n) is 13.0. The largest absolute Gasteiger partial charge is 0.393 e. The van der Waals surface area contributed by atoms with Gasteiger partial charge in [0.1, 0.15) is 0 Å². The van der Waals surface area contributed by atoms with E-state index in [2.05, 4.69) is 11.4 Å². The number of amides is 1. The minimum atomic E-state index is -0.282. The lowest BCUT2D eigenvalue weighted by Gasteiger charge is -2.31. The molecule has 0 aromatic heterocycles. The van der Waals surface area contributed by atoms with E-state index in [1.807, 2.05) is 0 Å². The Balaban J connectivity index is 1.79. The van der Waals surface area contributed by atoms with Gasteiger partial charge in [-0.3, -0.25) is 4.79 Å². The smallest absolute Gasteiger partial charge is 0.241 e. The molecule has 2 atom stereocenters. The summed E-state index contributed by atoms with van der Waals surface area (Å²) in [7, 11) is 1.78.